The zero-order valence-corrected chi connectivity index (χ0v) is 16.8. The first-order valence-corrected chi connectivity index (χ1v) is 9.78. The molecule has 1 aliphatic heterocycles. The molecule has 1 aromatic carbocycles. The first-order valence-electron chi connectivity index (χ1n) is 9.78. The molecule has 0 saturated carbocycles. The average Bonchev–Trinajstić information content (AvgIpc) is 3.03. The van der Waals surface area contributed by atoms with E-state index in [0.717, 1.165) is 48.4 Å². The number of rotatable bonds is 6. The second-order valence-electron chi connectivity index (χ2n) is 7.63. The Morgan fingerprint density at radius 1 is 1.25 bits per heavy atom. The molecular weight excluding hydrogens is 354 g/mol. The third-order valence-electron chi connectivity index (χ3n) is 5.55. The van der Waals surface area contributed by atoms with Gasteiger partial charge in [0.15, 0.2) is 0 Å². The predicted octanol–water partition coefficient (Wildman–Crippen LogP) is 1.86. The van der Waals surface area contributed by atoms with Gasteiger partial charge in [-0.05, 0) is 58.3 Å². The molecular formula is C21H29N5O2. The van der Waals surface area contributed by atoms with Crippen LogP contribution in [0.3, 0.4) is 0 Å². The molecule has 3 N–H and O–H groups in total. The second kappa shape index (κ2) is 8.56. The molecule has 150 valence electrons. The van der Waals surface area contributed by atoms with Crippen LogP contribution in [0.1, 0.15) is 42.6 Å². The number of aryl methyl sites for hydroxylation is 1. The summed E-state index contributed by atoms with van der Waals surface area (Å²) in [7, 11) is 0. The Morgan fingerprint density at radius 2 is 1.93 bits per heavy atom. The number of hydrogen-bond donors (Lipinski definition) is 2. The minimum absolute atomic E-state index is 0.0294. The summed E-state index contributed by atoms with van der Waals surface area (Å²) in [5, 5.41) is 7.68. The van der Waals surface area contributed by atoms with Gasteiger partial charge in [-0.1, -0.05) is 18.2 Å². The summed E-state index contributed by atoms with van der Waals surface area (Å²) < 4.78 is 1.93. The zero-order valence-electron chi connectivity index (χ0n) is 16.8. The highest BCUT2D eigenvalue weighted by Crippen LogP contribution is 2.23. The van der Waals surface area contributed by atoms with E-state index in [2.05, 4.69) is 23.4 Å². The fraction of sp³-hybridized carbons (Fsp3) is 0.476. The van der Waals surface area contributed by atoms with Gasteiger partial charge in [0.05, 0.1) is 24.5 Å². The molecule has 2 heterocycles. The lowest BCUT2D eigenvalue weighted by Crippen LogP contribution is -2.43. The molecule has 2 aromatic rings. The van der Waals surface area contributed by atoms with E-state index in [9.17, 15) is 9.59 Å². The van der Waals surface area contributed by atoms with Gasteiger partial charge >= 0.3 is 0 Å². The lowest BCUT2D eigenvalue weighted by atomic mass is 9.95. The Bertz CT molecular complexity index is 852. The van der Waals surface area contributed by atoms with Crippen LogP contribution in [0.2, 0.25) is 0 Å². The first-order chi connectivity index (χ1) is 13.4. The van der Waals surface area contributed by atoms with Crippen LogP contribution >= 0.6 is 0 Å². The highest BCUT2D eigenvalue weighted by Gasteiger charge is 2.27. The van der Waals surface area contributed by atoms with Gasteiger partial charge in [0.1, 0.15) is 0 Å². The summed E-state index contributed by atoms with van der Waals surface area (Å²) in [4.78, 5) is 25.7. The molecule has 3 rings (SSSR count). The van der Waals surface area contributed by atoms with Crippen molar-refractivity contribution in [2.24, 2.45) is 11.7 Å². The number of aromatic nitrogens is 2. The van der Waals surface area contributed by atoms with Crippen LogP contribution < -0.4 is 11.1 Å². The van der Waals surface area contributed by atoms with E-state index in [-0.39, 0.29) is 30.3 Å². The monoisotopic (exact) mass is 383 g/mol. The number of carbonyl (C=O) groups excluding carboxylic acids is 2. The molecule has 1 aliphatic rings. The molecule has 1 atom stereocenters. The molecule has 1 saturated heterocycles. The lowest BCUT2D eigenvalue weighted by molar-refractivity contribution is -0.127. The van der Waals surface area contributed by atoms with Gasteiger partial charge in [0.2, 0.25) is 11.8 Å². The van der Waals surface area contributed by atoms with Crippen LogP contribution in [-0.2, 0) is 9.59 Å². The summed E-state index contributed by atoms with van der Waals surface area (Å²) in [6.07, 6.45) is 3.32. The van der Waals surface area contributed by atoms with E-state index >= 15 is 0 Å². The Hall–Kier alpha value is -2.67. The maximum absolute atomic E-state index is 12.7. The summed E-state index contributed by atoms with van der Waals surface area (Å²) >= 11 is 0. The Labute approximate surface area is 165 Å². The molecule has 28 heavy (non-hydrogen) atoms. The molecule has 0 radical (unpaired) electrons. The summed E-state index contributed by atoms with van der Waals surface area (Å²) in [6.45, 7) is 7.79. The number of likely N-dealkylation sites (tertiary alicyclic amines) is 1. The quantitative estimate of drug-likeness (QED) is 0.796. The van der Waals surface area contributed by atoms with E-state index < -0.39 is 0 Å². The van der Waals surface area contributed by atoms with E-state index in [1.807, 2.05) is 47.8 Å². The Kier molecular flexibility index (Phi) is 6.14. The molecule has 2 amide bonds. The molecule has 1 unspecified atom stereocenters. The summed E-state index contributed by atoms with van der Waals surface area (Å²) in [5.41, 5.74) is 9.49. The molecule has 0 spiro atoms. The maximum atomic E-state index is 12.7. The van der Waals surface area contributed by atoms with Gasteiger partial charge in [-0.2, -0.15) is 5.10 Å². The number of primary amides is 1. The van der Waals surface area contributed by atoms with Crippen LogP contribution in [0.5, 0.6) is 0 Å². The van der Waals surface area contributed by atoms with Crippen molar-refractivity contribution in [2.75, 3.05) is 19.6 Å². The van der Waals surface area contributed by atoms with E-state index in [1.165, 1.54) is 0 Å². The van der Waals surface area contributed by atoms with Crippen molar-refractivity contribution in [3.05, 3.63) is 47.3 Å². The molecule has 7 heteroatoms. The van der Waals surface area contributed by atoms with E-state index in [1.54, 1.807) is 0 Å². The van der Waals surface area contributed by atoms with Crippen molar-refractivity contribution in [1.82, 2.24) is 20.0 Å². The van der Waals surface area contributed by atoms with Crippen LogP contribution in [0.4, 0.5) is 0 Å². The zero-order chi connectivity index (χ0) is 20.3. The van der Waals surface area contributed by atoms with Gasteiger partial charge in [-0.25, -0.2) is 4.68 Å². The van der Waals surface area contributed by atoms with Gasteiger partial charge in [0.25, 0.3) is 0 Å². The highest BCUT2D eigenvalue weighted by atomic mass is 16.2. The predicted molar refractivity (Wildman–Crippen MR) is 108 cm³/mol. The van der Waals surface area contributed by atoms with E-state index in [4.69, 9.17) is 5.73 Å². The number of amides is 2. The number of piperidine rings is 1. The minimum atomic E-state index is -0.322. The molecule has 1 fully saturated rings. The minimum Gasteiger partial charge on any atom is -0.369 e. The summed E-state index contributed by atoms with van der Waals surface area (Å²) in [6, 6.07) is 8.00. The van der Waals surface area contributed by atoms with Gasteiger partial charge in [-0.15, -0.1) is 0 Å². The van der Waals surface area contributed by atoms with Crippen molar-refractivity contribution in [3.63, 3.8) is 0 Å². The van der Waals surface area contributed by atoms with Gasteiger partial charge < -0.3 is 11.1 Å². The number of nitrogens with two attached hydrogens (primary N) is 1. The van der Waals surface area contributed by atoms with Crippen LogP contribution in [0.15, 0.2) is 30.5 Å². The maximum Gasteiger partial charge on any atom is 0.231 e. The number of benzene rings is 1. The molecule has 7 nitrogen and oxygen atoms in total. The Balaban J connectivity index is 1.63. The standard InChI is InChI=1S/C21H29N5O2/c1-14-6-4-5-7-19(14)26-16(3)18(12-23-26)15(2)24-21(28)17-8-10-25(11-9-17)13-20(22)27/h4-7,12,15,17H,8-11,13H2,1-3H3,(H2,22,27)(H,24,28). The molecule has 0 aliphatic carbocycles. The first kappa shape index (κ1) is 20.1. The van der Waals surface area contributed by atoms with Crippen molar-refractivity contribution < 1.29 is 9.59 Å². The van der Waals surface area contributed by atoms with Crippen LogP contribution in [0, 0.1) is 19.8 Å². The normalized spacial score (nSPS) is 16.7. The third kappa shape index (κ3) is 4.42. The number of hydrogen-bond acceptors (Lipinski definition) is 4. The van der Waals surface area contributed by atoms with Crippen molar-refractivity contribution in [1.29, 1.82) is 0 Å². The number of nitrogens with one attached hydrogen (secondary N) is 1. The van der Waals surface area contributed by atoms with Crippen molar-refractivity contribution in [3.8, 4) is 5.69 Å². The largest absolute Gasteiger partial charge is 0.369 e. The van der Waals surface area contributed by atoms with Gasteiger partial charge in [0, 0.05) is 17.2 Å². The third-order valence-corrected chi connectivity index (χ3v) is 5.55. The number of carbonyl (C=O) groups is 2. The number of para-hydroxylation sites is 1. The van der Waals surface area contributed by atoms with Gasteiger partial charge in [-0.3, -0.25) is 14.5 Å². The Morgan fingerprint density at radius 3 is 2.57 bits per heavy atom. The van der Waals surface area contributed by atoms with Crippen LogP contribution in [-0.4, -0.2) is 46.1 Å². The smallest absolute Gasteiger partial charge is 0.231 e. The van der Waals surface area contributed by atoms with E-state index in [0.29, 0.717) is 0 Å². The lowest BCUT2D eigenvalue weighted by Gasteiger charge is -2.31. The fourth-order valence-corrected chi connectivity index (χ4v) is 3.87. The summed E-state index contributed by atoms with van der Waals surface area (Å²) in [5.74, 6) is -0.287. The average molecular weight is 383 g/mol. The number of nitrogens with zero attached hydrogens (tertiary/aromatic N) is 3. The molecule has 0 bridgehead atoms. The second-order valence-corrected chi connectivity index (χ2v) is 7.63. The van der Waals surface area contributed by atoms with Crippen LogP contribution in [0.25, 0.3) is 5.69 Å². The highest BCUT2D eigenvalue weighted by molar-refractivity contribution is 5.79. The van der Waals surface area contributed by atoms with Crippen molar-refractivity contribution in [2.45, 2.75) is 39.7 Å². The SMILES string of the molecule is Cc1ccccc1-n1ncc(C(C)NC(=O)C2CCN(CC(N)=O)CC2)c1C. The fourth-order valence-electron chi connectivity index (χ4n) is 3.87. The van der Waals surface area contributed by atoms with Crippen molar-refractivity contribution >= 4 is 11.8 Å². The molecule has 1 aromatic heterocycles. The topological polar surface area (TPSA) is 93.2 Å².